The number of aromatic nitrogens is 1. The molecule has 0 spiro atoms. The summed E-state index contributed by atoms with van der Waals surface area (Å²) in [4.78, 5) is 4.05. The highest BCUT2D eigenvalue weighted by Gasteiger charge is 1.95. The Balaban J connectivity index is 0. The Hall–Kier alpha value is -0.310. The lowest BCUT2D eigenvalue weighted by Crippen LogP contribution is -2.06. The van der Waals surface area contributed by atoms with E-state index in [0.717, 1.165) is 5.69 Å². The van der Waals surface area contributed by atoms with Crippen molar-refractivity contribution in [1.82, 2.24) is 4.98 Å². The van der Waals surface area contributed by atoms with Crippen molar-refractivity contribution in [3.05, 3.63) is 30.1 Å². The highest BCUT2D eigenvalue weighted by atomic mass is 35.5. The van der Waals surface area contributed by atoms with Gasteiger partial charge in [-0.3, -0.25) is 4.98 Å². The molecule has 4 heteroatoms. The van der Waals surface area contributed by atoms with Crippen LogP contribution < -0.4 is 5.73 Å². The van der Waals surface area contributed by atoms with Crippen LogP contribution >= 0.6 is 24.8 Å². The molecule has 0 radical (unpaired) electrons. The topological polar surface area (TPSA) is 38.9 Å². The highest BCUT2D eigenvalue weighted by Crippen LogP contribution is 2.02. The lowest BCUT2D eigenvalue weighted by Gasteiger charge is -2.00. The van der Waals surface area contributed by atoms with Crippen molar-refractivity contribution < 1.29 is 0 Å². The zero-order valence-electron chi connectivity index (χ0n) is 6.23. The van der Waals surface area contributed by atoms with Crippen molar-refractivity contribution in [1.29, 1.82) is 0 Å². The van der Waals surface area contributed by atoms with E-state index in [1.807, 2.05) is 25.1 Å². The first-order valence-electron chi connectivity index (χ1n) is 2.97. The molecule has 0 fully saturated rings. The second-order valence-electron chi connectivity index (χ2n) is 2.04. The average molecular weight is 195 g/mol. The van der Waals surface area contributed by atoms with E-state index in [0.29, 0.717) is 0 Å². The Labute approximate surface area is 79.0 Å². The maximum Gasteiger partial charge on any atom is 0.0568 e. The number of nitrogens with zero attached hydrogens (tertiary/aromatic N) is 1. The molecule has 0 saturated heterocycles. The van der Waals surface area contributed by atoms with Gasteiger partial charge in [0, 0.05) is 12.2 Å². The molecule has 0 aromatic carbocycles. The number of hydrogen-bond acceptors (Lipinski definition) is 2. The van der Waals surface area contributed by atoms with E-state index in [4.69, 9.17) is 5.73 Å². The minimum absolute atomic E-state index is 0. The van der Waals surface area contributed by atoms with Gasteiger partial charge in [-0.25, -0.2) is 0 Å². The zero-order chi connectivity index (χ0) is 6.69. The van der Waals surface area contributed by atoms with Crippen molar-refractivity contribution >= 4 is 24.8 Å². The molecule has 1 heterocycles. The number of halogens is 2. The van der Waals surface area contributed by atoms with E-state index in [2.05, 4.69) is 4.98 Å². The second kappa shape index (κ2) is 6.40. The van der Waals surface area contributed by atoms with E-state index in [-0.39, 0.29) is 30.9 Å². The smallest absolute Gasteiger partial charge is 0.0568 e. The Kier molecular flexibility index (Phi) is 7.74. The minimum atomic E-state index is 0. The molecule has 1 aromatic rings. The summed E-state index contributed by atoms with van der Waals surface area (Å²) in [6.07, 6.45) is 1.75. The number of rotatable bonds is 1. The fourth-order valence-electron chi connectivity index (χ4n) is 0.645. The molecule has 1 atom stereocenters. The predicted molar refractivity (Wildman–Crippen MR) is 51.3 cm³/mol. The zero-order valence-corrected chi connectivity index (χ0v) is 7.86. The number of pyridine rings is 1. The normalized spacial score (nSPS) is 10.7. The Morgan fingerprint density at radius 2 is 2.00 bits per heavy atom. The third-order valence-corrected chi connectivity index (χ3v) is 1.15. The lowest BCUT2D eigenvalue weighted by atomic mass is 10.2. The van der Waals surface area contributed by atoms with E-state index in [9.17, 15) is 0 Å². The average Bonchev–Trinajstić information content (AvgIpc) is 1.90. The van der Waals surface area contributed by atoms with Gasteiger partial charge in [0.25, 0.3) is 0 Å². The van der Waals surface area contributed by atoms with Crippen LogP contribution in [0.1, 0.15) is 18.7 Å². The Morgan fingerprint density at radius 1 is 1.36 bits per heavy atom. The van der Waals surface area contributed by atoms with E-state index < -0.39 is 0 Å². The number of nitrogens with two attached hydrogens (primary N) is 1. The fourth-order valence-corrected chi connectivity index (χ4v) is 0.645. The van der Waals surface area contributed by atoms with Gasteiger partial charge in [0.05, 0.1) is 5.69 Å². The van der Waals surface area contributed by atoms with Crippen LogP contribution in [0, 0.1) is 0 Å². The molecule has 0 saturated carbocycles. The van der Waals surface area contributed by atoms with Gasteiger partial charge in [0.15, 0.2) is 0 Å². The summed E-state index contributed by atoms with van der Waals surface area (Å²) in [7, 11) is 0. The largest absolute Gasteiger partial charge is 0.323 e. The van der Waals surface area contributed by atoms with Gasteiger partial charge < -0.3 is 5.73 Å². The summed E-state index contributed by atoms with van der Waals surface area (Å²) in [6.45, 7) is 1.92. The predicted octanol–water partition coefficient (Wildman–Crippen LogP) is 1.94. The molecule has 1 aromatic heterocycles. The van der Waals surface area contributed by atoms with Crippen molar-refractivity contribution in [2.45, 2.75) is 13.0 Å². The molecule has 64 valence electrons. The maximum atomic E-state index is 5.55. The second-order valence-corrected chi connectivity index (χ2v) is 2.04. The van der Waals surface area contributed by atoms with Gasteiger partial charge in [-0.1, -0.05) is 6.07 Å². The van der Waals surface area contributed by atoms with Crippen molar-refractivity contribution in [2.24, 2.45) is 5.73 Å². The molecule has 0 aliphatic heterocycles. The van der Waals surface area contributed by atoms with Gasteiger partial charge >= 0.3 is 0 Å². The van der Waals surface area contributed by atoms with Crippen LogP contribution in [0.15, 0.2) is 24.4 Å². The fraction of sp³-hybridized carbons (Fsp3) is 0.286. The van der Waals surface area contributed by atoms with Gasteiger partial charge in [-0.2, -0.15) is 0 Å². The van der Waals surface area contributed by atoms with E-state index >= 15 is 0 Å². The van der Waals surface area contributed by atoms with Crippen LogP contribution in [0.4, 0.5) is 0 Å². The molecular formula is C7H12Cl2N2. The molecule has 0 amide bonds. The summed E-state index contributed by atoms with van der Waals surface area (Å²) in [5.74, 6) is 0. The standard InChI is InChI=1S/C7H10N2.2ClH/c1-6(8)7-4-2-3-5-9-7;;/h2-6H,8H2,1H3;2*1H/t6-;;/m0../s1. The van der Waals surface area contributed by atoms with Crippen molar-refractivity contribution in [3.8, 4) is 0 Å². The molecule has 0 bridgehead atoms. The van der Waals surface area contributed by atoms with Crippen LogP contribution in [0.25, 0.3) is 0 Å². The monoisotopic (exact) mass is 194 g/mol. The van der Waals surface area contributed by atoms with Crippen LogP contribution in [0.5, 0.6) is 0 Å². The Morgan fingerprint density at radius 3 is 2.27 bits per heavy atom. The summed E-state index contributed by atoms with van der Waals surface area (Å²) in [5, 5.41) is 0. The molecule has 11 heavy (non-hydrogen) atoms. The highest BCUT2D eigenvalue weighted by molar-refractivity contribution is 5.85. The SMILES string of the molecule is C[C@H](N)c1ccccn1.Cl.Cl. The van der Waals surface area contributed by atoms with Gasteiger partial charge in [-0.15, -0.1) is 24.8 Å². The minimum Gasteiger partial charge on any atom is -0.323 e. The molecule has 1 rings (SSSR count). The lowest BCUT2D eigenvalue weighted by molar-refractivity contribution is 0.781. The van der Waals surface area contributed by atoms with Crippen LogP contribution in [0.3, 0.4) is 0 Å². The summed E-state index contributed by atoms with van der Waals surface area (Å²) in [5.41, 5.74) is 6.49. The first-order chi connectivity index (χ1) is 4.30. The summed E-state index contributed by atoms with van der Waals surface area (Å²) >= 11 is 0. The molecular weight excluding hydrogens is 183 g/mol. The molecule has 2 nitrogen and oxygen atoms in total. The van der Waals surface area contributed by atoms with Crippen LogP contribution in [0.2, 0.25) is 0 Å². The van der Waals surface area contributed by atoms with Gasteiger partial charge in [0.1, 0.15) is 0 Å². The van der Waals surface area contributed by atoms with Gasteiger partial charge in [-0.05, 0) is 19.1 Å². The molecule has 2 N–H and O–H groups in total. The third-order valence-electron chi connectivity index (χ3n) is 1.15. The third kappa shape index (κ3) is 4.19. The van der Waals surface area contributed by atoms with E-state index in [1.54, 1.807) is 6.20 Å². The molecule has 0 aliphatic carbocycles. The maximum absolute atomic E-state index is 5.55. The first kappa shape index (κ1) is 13.3. The van der Waals surface area contributed by atoms with Crippen molar-refractivity contribution in [2.75, 3.05) is 0 Å². The van der Waals surface area contributed by atoms with Gasteiger partial charge in [0.2, 0.25) is 0 Å². The Bertz CT molecular complexity index is 177. The first-order valence-corrected chi connectivity index (χ1v) is 2.97. The molecule has 0 unspecified atom stereocenters. The van der Waals surface area contributed by atoms with Crippen molar-refractivity contribution in [3.63, 3.8) is 0 Å². The van der Waals surface area contributed by atoms with E-state index in [1.165, 1.54) is 0 Å². The summed E-state index contributed by atoms with van der Waals surface area (Å²) in [6, 6.07) is 5.79. The molecule has 0 aliphatic rings. The van der Waals surface area contributed by atoms with Crippen LogP contribution in [-0.4, -0.2) is 4.98 Å². The number of hydrogen-bond donors (Lipinski definition) is 1. The van der Waals surface area contributed by atoms with Crippen LogP contribution in [-0.2, 0) is 0 Å². The quantitative estimate of drug-likeness (QED) is 0.743. The summed E-state index contributed by atoms with van der Waals surface area (Å²) < 4.78 is 0.